The summed E-state index contributed by atoms with van der Waals surface area (Å²) in [6.07, 6.45) is 2.93. The van der Waals surface area contributed by atoms with Gasteiger partial charge >= 0.3 is 0 Å². The van der Waals surface area contributed by atoms with Crippen LogP contribution >= 0.6 is 0 Å². The number of hydrogen-bond donors (Lipinski definition) is 0. The molecule has 3 nitrogen and oxygen atoms in total. The first kappa shape index (κ1) is 17.8. The van der Waals surface area contributed by atoms with Gasteiger partial charge in [-0.2, -0.15) is 0 Å². The van der Waals surface area contributed by atoms with Crippen LogP contribution in [0.25, 0.3) is 44.5 Å². The van der Waals surface area contributed by atoms with Crippen LogP contribution in [0.2, 0.25) is 0 Å². The minimum Gasteiger partial charge on any atom is -0.500 e. The van der Waals surface area contributed by atoms with Gasteiger partial charge in [-0.05, 0) is 42.4 Å². The van der Waals surface area contributed by atoms with Gasteiger partial charge in [0.1, 0.15) is 5.58 Å². The maximum Gasteiger partial charge on any atom is 0.123 e. The molecule has 0 atom stereocenters. The number of aryl methyl sites for hydroxylation is 2. The summed E-state index contributed by atoms with van der Waals surface area (Å²) >= 11 is 0. The van der Waals surface area contributed by atoms with Gasteiger partial charge in [0.2, 0.25) is 0 Å². The van der Waals surface area contributed by atoms with Crippen LogP contribution in [0.1, 0.15) is 18.0 Å². The Bertz CT molecular complexity index is 1700. The Morgan fingerprint density at radius 2 is 1.71 bits per heavy atom. The molecule has 0 N–H and O–H groups in total. The maximum absolute atomic E-state index is 8.24. The Kier molecular flexibility index (Phi) is 5.54. The van der Waals surface area contributed by atoms with Crippen LogP contribution in [0.15, 0.2) is 102 Å². The molecule has 6 aromatic rings. The summed E-state index contributed by atoms with van der Waals surface area (Å²) in [6, 6.07) is 28.7. The molecule has 169 valence electrons. The number of rotatable bonds is 2. The van der Waals surface area contributed by atoms with Gasteiger partial charge in [0.05, 0.1) is 8.32 Å². The standard InChI is InChI=1S/C19H14NO.C11H8N.Ir/c1-12-9-10-17(20-11-12)16-8-4-7-15-14-6-3-5-13(2)18(14)21-19(15)16;1-2-6-10(7-3-1)11-8-4-5-9-12-11;/h3-7,9-11H,1-2H3;1-6,8-9H;/q2*-1;/i1D3,9D,10D;;. The van der Waals surface area contributed by atoms with Gasteiger partial charge in [-0.1, -0.05) is 53.4 Å². The Balaban J connectivity index is 0.000000228. The molecule has 0 unspecified atom stereocenters. The van der Waals surface area contributed by atoms with Crippen molar-refractivity contribution in [2.24, 2.45) is 0 Å². The molecular weight excluding hydrogens is 597 g/mol. The predicted molar refractivity (Wildman–Crippen MR) is 134 cm³/mol. The van der Waals surface area contributed by atoms with Crippen molar-refractivity contribution in [3.63, 3.8) is 0 Å². The topological polar surface area (TPSA) is 38.9 Å². The first-order chi connectivity index (χ1) is 18.3. The van der Waals surface area contributed by atoms with Crippen molar-refractivity contribution < 1.29 is 31.4 Å². The van der Waals surface area contributed by atoms with Crippen LogP contribution < -0.4 is 0 Å². The summed E-state index contributed by atoms with van der Waals surface area (Å²) in [7, 11) is 0. The van der Waals surface area contributed by atoms with E-state index in [-0.39, 0.29) is 43.4 Å². The van der Waals surface area contributed by atoms with Gasteiger partial charge in [0.15, 0.2) is 0 Å². The fourth-order valence-electron chi connectivity index (χ4n) is 3.60. The van der Waals surface area contributed by atoms with E-state index >= 15 is 0 Å². The summed E-state index contributed by atoms with van der Waals surface area (Å²) in [4.78, 5) is 8.38. The van der Waals surface area contributed by atoms with Crippen LogP contribution in [-0.4, -0.2) is 9.97 Å². The van der Waals surface area contributed by atoms with Crippen molar-refractivity contribution in [2.45, 2.75) is 13.8 Å². The van der Waals surface area contributed by atoms with E-state index in [1.807, 2.05) is 73.7 Å². The number of aromatic nitrogens is 2. The van der Waals surface area contributed by atoms with Crippen LogP contribution in [0.3, 0.4) is 0 Å². The van der Waals surface area contributed by atoms with Gasteiger partial charge in [0.25, 0.3) is 0 Å². The fraction of sp³-hybridized carbons (Fsp3) is 0.0667. The number of hydrogen-bond acceptors (Lipinski definition) is 3. The smallest absolute Gasteiger partial charge is 0.123 e. The fourth-order valence-corrected chi connectivity index (χ4v) is 3.60. The van der Waals surface area contributed by atoms with Crippen molar-refractivity contribution in [2.75, 3.05) is 0 Å². The Morgan fingerprint density at radius 3 is 2.50 bits per heavy atom. The molecule has 3 heterocycles. The zero-order valence-corrected chi connectivity index (χ0v) is 20.6. The number of nitrogens with zero attached hydrogens (tertiary/aromatic N) is 2. The minimum atomic E-state index is -2.48. The molecule has 0 aliphatic rings. The SMILES string of the molecule is [2H]c1c(C([2H])([2H])[2H])cnc(-c2[c-]ccc3c2oc2c(C)cccc23)c1[2H].[Ir].[c-]1ccccc1-c1ccccn1. The molecule has 34 heavy (non-hydrogen) atoms. The molecule has 0 saturated heterocycles. The Hall–Kier alpha value is -3.59. The van der Waals surface area contributed by atoms with E-state index in [9.17, 15) is 0 Å². The summed E-state index contributed by atoms with van der Waals surface area (Å²) in [6.45, 7) is -0.528. The van der Waals surface area contributed by atoms with Crippen molar-refractivity contribution in [1.82, 2.24) is 9.97 Å². The number of furan rings is 1. The molecule has 3 aromatic carbocycles. The molecule has 4 heteroatoms. The van der Waals surface area contributed by atoms with E-state index < -0.39 is 6.85 Å². The maximum atomic E-state index is 8.24. The van der Waals surface area contributed by atoms with Crippen LogP contribution in [0.5, 0.6) is 0 Å². The molecule has 6 rings (SSSR count). The molecule has 0 aliphatic heterocycles. The van der Waals surface area contributed by atoms with E-state index in [0.717, 1.165) is 39.4 Å². The Morgan fingerprint density at radius 1 is 0.824 bits per heavy atom. The first-order valence-electron chi connectivity index (χ1n) is 12.9. The molecule has 0 saturated carbocycles. The molecule has 3 aromatic heterocycles. The van der Waals surface area contributed by atoms with Gasteiger partial charge in [0, 0.05) is 42.0 Å². The second-order valence-corrected chi connectivity index (χ2v) is 7.41. The number of para-hydroxylation sites is 1. The van der Waals surface area contributed by atoms with E-state index in [1.54, 1.807) is 12.3 Å². The average Bonchev–Trinajstić information content (AvgIpc) is 3.31. The third-order valence-electron chi connectivity index (χ3n) is 5.18. The van der Waals surface area contributed by atoms with Crippen molar-refractivity contribution in [1.29, 1.82) is 0 Å². The molecule has 0 amide bonds. The summed E-state index contributed by atoms with van der Waals surface area (Å²) < 4.78 is 44.8. The average molecular weight is 624 g/mol. The van der Waals surface area contributed by atoms with Gasteiger partial charge in [-0.25, -0.2) is 0 Å². The third kappa shape index (κ3) is 4.84. The van der Waals surface area contributed by atoms with Gasteiger partial charge in [-0.3, -0.25) is 0 Å². The van der Waals surface area contributed by atoms with Crippen molar-refractivity contribution in [3.8, 4) is 22.5 Å². The van der Waals surface area contributed by atoms with Gasteiger partial charge < -0.3 is 14.4 Å². The van der Waals surface area contributed by atoms with E-state index in [0.29, 0.717) is 11.1 Å². The van der Waals surface area contributed by atoms with Crippen molar-refractivity contribution in [3.05, 3.63) is 121 Å². The summed E-state index contributed by atoms with van der Waals surface area (Å²) in [5.74, 6) is 0. The quantitative estimate of drug-likeness (QED) is 0.187. The van der Waals surface area contributed by atoms with Crippen LogP contribution in [0, 0.1) is 25.9 Å². The van der Waals surface area contributed by atoms with Crippen LogP contribution in [-0.2, 0) is 20.1 Å². The summed E-state index contributed by atoms with van der Waals surface area (Å²) in [5, 5.41) is 1.82. The van der Waals surface area contributed by atoms with E-state index in [1.165, 1.54) is 0 Å². The number of fused-ring (bicyclic) bond motifs is 3. The number of pyridine rings is 2. The summed E-state index contributed by atoms with van der Waals surface area (Å²) in [5.41, 5.74) is 4.68. The monoisotopic (exact) mass is 624 g/mol. The number of benzene rings is 3. The molecule has 1 radical (unpaired) electrons. The molecule has 0 spiro atoms. The largest absolute Gasteiger partial charge is 0.500 e. The second-order valence-electron chi connectivity index (χ2n) is 7.41. The molecule has 0 fully saturated rings. The molecular formula is C30H22IrN2O-2. The second kappa shape index (κ2) is 10.6. The minimum absolute atomic E-state index is 0. The zero-order valence-electron chi connectivity index (χ0n) is 23.2. The van der Waals surface area contributed by atoms with Crippen LogP contribution in [0.4, 0.5) is 0 Å². The predicted octanol–water partition coefficient (Wildman–Crippen LogP) is 7.61. The van der Waals surface area contributed by atoms with E-state index in [4.69, 9.17) is 11.3 Å². The van der Waals surface area contributed by atoms with Crippen molar-refractivity contribution >= 4 is 21.9 Å². The van der Waals surface area contributed by atoms with E-state index in [2.05, 4.69) is 22.1 Å². The van der Waals surface area contributed by atoms with Gasteiger partial charge in [-0.15, -0.1) is 54.1 Å². The third-order valence-corrected chi connectivity index (χ3v) is 5.18. The normalized spacial score (nSPS) is 12.9. The zero-order chi connectivity index (χ0) is 26.9. The molecule has 0 aliphatic carbocycles. The Labute approximate surface area is 219 Å². The molecule has 0 bridgehead atoms. The first-order valence-corrected chi connectivity index (χ1v) is 10.4.